The van der Waals surface area contributed by atoms with Gasteiger partial charge in [-0.1, -0.05) is 12.1 Å². The van der Waals surface area contributed by atoms with Gasteiger partial charge in [0, 0.05) is 30.2 Å². The minimum Gasteiger partial charge on any atom is -0.497 e. The number of aromatic nitrogens is 1. The molecule has 0 aliphatic carbocycles. The van der Waals surface area contributed by atoms with Crippen molar-refractivity contribution < 1.29 is 28.5 Å². The zero-order chi connectivity index (χ0) is 26.6. The normalized spacial score (nSPS) is 17.1. The van der Waals surface area contributed by atoms with Crippen LogP contribution in [0.3, 0.4) is 0 Å². The van der Waals surface area contributed by atoms with Crippen molar-refractivity contribution in [3.8, 4) is 23.0 Å². The largest absolute Gasteiger partial charge is 0.497 e. The lowest BCUT2D eigenvalue weighted by molar-refractivity contribution is -0.135. The summed E-state index contributed by atoms with van der Waals surface area (Å²) in [6.07, 6.45) is 1.59. The first kappa shape index (κ1) is 23.5. The number of ether oxygens (including phenoxy) is 4. The zero-order valence-corrected chi connectivity index (χ0v) is 20.9. The molecule has 3 aromatic carbocycles. The van der Waals surface area contributed by atoms with Crippen molar-refractivity contribution in [2.75, 3.05) is 14.2 Å². The molecule has 1 aromatic heterocycles. The second-order valence-electron chi connectivity index (χ2n) is 9.19. The molecule has 0 amide bonds. The van der Waals surface area contributed by atoms with Crippen LogP contribution < -0.4 is 24.5 Å². The third-order valence-corrected chi connectivity index (χ3v) is 7.03. The summed E-state index contributed by atoms with van der Waals surface area (Å²) in [4.78, 5) is 39.4. The standard InChI is InChI=1S/C30H23NO7/c1-31-23-14-19(36-3)9-6-17(23)13-22(30(31)34)21-15-26(32)37-24-11-10-20-28(33)25(38-29(20)27(21)24)12-16-4-7-18(35-2)8-5-16/h4-14,21H,15H2,1-3H3/b25-12-/t21-/m1/s1. The molecule has 0 unspecified atom stereocenters. The molecule has 2 aliphatic rings. The first-order chi connectivity index (χ1) is 18.4. The fraction of sp³-hybridized carbons (Fsp3) is 0.167. The maximum absolute atomic E-state index is 13.6. The molecule has 8 heteroatoms. The summed E-state index contributed by atoms with van der Waals surface area (Å²) in [7, 11) is 4.83. The van der Waals surface area contributed by atoms with Gasteiger partial charge >= 0.3 is 5.97 Å². The Morgan fingerprint density at radius 1 is 0.895 bits per heavy atom. The highest BCUT2D eigenvalue weighted by atomic mass is 16.5. The number of esters is 1. The number of Topliss-reactive ketones (excluding diaryl/α,β-unsaturated/α-hetero) is 1. The van der Waals surface area contributed by atoms with E-state index in [1.165, 1.54) is 4.57 Å². The van der Waals surface area contributed by atoms with Gasteiger partial charge in [0.25, 0.3) is 5.56 Å². The van der Waals surface area contributed by atoms with E-state index in [0.29, 0.717) is 39.5 Å². The molecule has 1 atom stereocenters. The van der Waals surface area contributed by atoms with Gasteiger partial charge in [-0.05, 0) is 59.5 Å². The summed E-state index contributed by atoms with van der Waals surface area (Å²) in [5, 5.41) is 0.813. The van der Waals surface area contributed by atoms with Crippen LogP contribution in [0.15, 0.2) is 71.2 Å². The maximum Gasteiger partial charge on any atom is 0.312 e. The number of pyridine rings is 1. The van der Waals surface area contributed by atoms with E-state index in [-0.39, 0.29) is 29.3 Å². The minimum absolute atomic E-state index is 0.0601. The van der Waals surface area contributed by atoms with E-state index in [0.717, 1.165) is 10.9 Å². The van der Waals surface area contributed by atoms with Crippen molar-refractivity contribution in [1.29, 1.82) is 0 Å². The number of carbonyl (C=O) groups is 2. The lowest BCUT2D eigenvalue weighted by Crippen LogP contribution is -2.29. The Morgan fingerprint density at radius 2 is 1.63 bits per heavy atom. The number of methoxy groups -OCH3 is 2. The number of hydrogen-bond donors (Lipinski definition) is 0. The van der Waals surface area contributed by atoms with Crippen LogP contribution in [0.2, 0.25) is 0 Å². The van der Waals surface area contributed by atoms with Gasteiger partial charge in [-0.25, -0.2) is 0 Å². The second-order valence-corrected chi connectivity index (χ2v) is 9.19. The Kier molecular flexibility index (Phi) is 5.52. The molecule has 3 heterocycles. The van der Waals surface area contributed by atoms with E-state index in [4.69, 9.17) is 18.9 Å². The van der Waals surface area contributed by atoms with E-state index < -0.39 is 11.9 Å². The van der Waals surface area contributed by atoms with Crippen LogP contribution in [-0.2, 0) is 11.8 Å². The van der Waals surface area contributed by atoms with Gasteiger partial charge in [0.1, 0.15) is 23.0 Å². The van der Waals surface area contributed by atoms with Gasteiger partial charge in [0.05, 0.1) is 31.7 Å². The molecule has 8 nitrogen and oxygen atoms in total. The van der Waals surface area contributed by atoms with Gasteiger partial charge in [-0.2, -0.15) is 0 Å². The predicted octanol–water partition coefficient (Wildman–Crippen LogP) is 4.61. The lowest BCUT2D eigenvalue weighted by Gasteiger charge is -2.26. The quantitative estimate of drug-likeness (QED) is 0.225. The minimum atomic E-state index is -0.653. The first-order valence-corrected chi connectivity index (χ1v) is 12.0. The Bertz CT molecular complexity index is 1730. The van der Waals surface area contributed by atoms with E-state index >= 15 is 0 Å². The number of ketones is 1. The van der Waals surface area contributed by atoms with Crippen LogP contribution in [0.25, 0.3) is 17.0 Å². The van der Waals surface area contributed by atoms with Gasteiger partial charge < -0.3 is 23.5 Å². The van der Waals surface area contributed by atoms with Crippen LogP contribution in [0.1, 0.15) is 39.4 Å². The van der Waals surface area contributed by atoms with Crippen molar-refractivity contribution in [3.63, 3.8) is 0 Å². The van der Waals surface area contributed by atoms with Gasteiger partial charge in [-0.3, -0.25) is 14.4 Å². The Balaban J connectivity index is 1.48. The summed E-state index contributed by atoms with van der Waals surface area (Å²) in [5.41, 5.74) is 2.49. The summed E-state index contributed by atoms with van der Waals surface area (Å²) >= 11 is 0. The van der Waals surface area contributed by atoms with Crippen LogP contribution in [0.5, 0.6) is 23.0 Å². The van der Waals surface area contributed by atoms with Gasteiger partial charge in [-0.15, -0.1) is 0 Å². The van der Waals surface area contributed by atoms with E-state index in [2.05, 4.69) is 0 Å². The first-order valence-electron chi connectivity index (χ1n) is 12.0. The second kappa shape index (κ2) is 8.92. The van der Waals surface area contributed by atoms with Crippen molar-refractivity contribution in [1.82, 2.24) is 4.57 Å². The number of nitrogens with zero attached hydrogens (tertiary/aromatic N) is 1. The monoisotopic (exact) mass is 509 g/mol. The van der Waals surface area contributed by atoms with Crippen LogP contribution in [0, 0.1) is 0 Å². The molecule has 0 saturated heterocycles. The molecule has 6 rings (SSSR count). The number of fused-ring (bicyclic) bond motifs is 4. The molecule has 0 saturated carbocycles. The SMILES string of the molecule is COc1ccc(/C=C2\Oc3c(ccc4c3[C@@H](c3cc5ccc(OC)cc5n(C)c3=O)CC(=O)O4)C2=O)cc1. The number of rotatable bonds is 4. The van der Waals surface area contributed by atoms with Crippen molar-refractivity contribution in [2.45, 2.75) is 12.3 Å². The summed E-state index contributed by atoms with van der Waals surface area (Å²) < 4.78 is 23.7. The average molecular weight is 510 g/mol. The van der Waals surface area contributed by atoms with Crippen molar-refractivity contribution >= 4 is 28.7 Å². The highest BCUT2D eigenvalue weighted by molar-refractivity contribution is 6.15. The Hall–Kier alpha value is -4.85. The summed E-state index contributed by atoms with van der Waals surface area (Å²) in [6, 6.07) is 17.7. The van der Waals surface area contributed by atoms with E-state index in [1.54, 1.807) is 63.7 Å². The molecule has 0 radical (unpaired) electrons. The zero-order valence-electron chi connectivity index (χ0n) is 20.9. The molecule has 0 bridgehead atoms. The predicted molar refractivity (Wildman–Crippen MR) is 140 cm³/mol. The van der Waals surface area contributed by atoms with Gasteiger partial charge in [0.2, 0.25) is 5.78 Å². The molecule has 2 aliphatic heterocycles. The fourth-order valence-electron chi connectivity index (χ4n) is 5.07. The number of hydrogen-bond acceptors (Lipinski definition) is 7. The summed E-state index contributed by atoms with van der Waals surface area (Å²) in [6.45, 7) is 0. The van der Waals surface area contributed by atoms with Gasteiger partial charge in [0.15, 0.2) is 5.76 Å². The smallest absolute Gasteiger partial charge is 0.312 e. The average Bonchev–Trinajstić information content (AvgIpc) is 3.25. The maximum atomic E-state index is 13.6. The molecule has 0 N–H and O–H groups in total. The number of carbonyl (C=O) groups excluding carboxylic acids is 2. The number of aryl methyl sites for hydroxylation is 1. The highest BCUT2D eigenvalue weighted by Gasteiger charge is 2.39. The Labute approximate surface area is 217 Å². The summed E-state index contributed by atoms with van der Waals surface area (Å²) in [5.74, 6) is 0.663. The molecule has 38 heavy (non-hydrogen) atoms. The lowest BCUT2D eigenvalue weighted by atomic mass is 9.84. The number of allylic oxidation sites excluding steroid dienone is 1. The van der Waals surface area contributed by atoms with Crippen molar-refractivity contribution in [3.05, 3.63) is 99.0 Å². The molecular formula is C30H23NO7. The van der Waals surface area contributed by atoms with Crippen LogP contribution in [-0.4, -0.2) is 30.5 Å². The topological polar surface area (TPSA) is 93.1 Å². The van der Waals surface area contributed by atoms with E-state index in [1.807, 2.05) is 24.3 Å². The highest BCUT2D eigenvalue weighted by Crippen LogP contribution is 2.48. The van der Waals surface area contributed by atoms with Crippen LogP contribution >= 0.6 is 0 Å². The van der Waals surface area contributed by atoms with E-state index in [9.17, 15) is 14.4 Å². The molecule has 190 valence electrons. The Morgan fingerprint density at radius 3 is 2.37 bits per heavy atom. The third-order valence-electron chi connectivity index (χ3n) is 7.03. The molecule has 4 aromatic rings. The van der Waals surface area contributed by atoms with Crippen LogP contribution in [0.4, 0.5) is 0 Å². The fourth-order valence-corrected chi connectivity index (χ4v) is 5.07. The van der Waals surface area contributed by atoms with Crippen molar-refractivity contribution in [2.24, 2.45) is 7.05 Å². The third kappa shape index (κ3) is 3.73. The molecular weight excluding hydrogens is 486 g/mol. The number of benzene rings is 3. The molecule has 0 spiro atoms. The molecule has 0 fully saturated rings.